The molecule has 0 saturated carbocycles. The molecule has 0 radical (unpaired) electrons. The molecule has 0 spiro atoms. The quantitative estimate of drug-likeness (QED) is 0.361. The van der Waals surface area contributed by atoms with Gasteiger partial charge in [0.05, 0.1) is 5.69 Å². The minimum absolute atomic E-state index is 0. The average molecular weight is 508 g/mol. The molecule has 0 amide bonds. The minimum atomic E-state index is -3.93. The van der Waals surface area contributed by atoms with Crippen LogP contribution < -0.4 is 15.2 Å². The van der Waals surface area contributed by atoms with Crippen molar-refractivity contribution >= 4 is 48.6 Å². The van der Waals surface area contributed by atoms with Gasteiger partial charge in [-0.2, -0.15) is 0 Å². The normalized spacial score (nSPS) is 10.9. The Morgan fingerprint density at radius 1 is 1.15 bits per heavy atom. The Morgan fingerprint density at radius 2 is 1.85 bits per heavy atom. The Balaban J connectivity index is 0.00000338. The highest BCUT2D eigenvalue weighted by molar-refractivity contribution is 9.08. The van der Waals surface area contributed by atoms with Gasteiger partial charge in [0.1, 0.15) is 10.6 Å². The van der Waals surface area contributed by atoms with Crippen LogP contribution >= 0.6 is 32.9 Å². The number of primary sulfonamides is 1. The highest BCUT2D eigenvalue weighted by atomic mass is 79.9. The lowest BCUT2D eigenvalue weighted by Gasteiger charge is -2.17. The zero-order chi connectivity index (χ0) is 18.3. The Hall–Kier alpha value is -1.09. The van der Waals surface area contributed by atoms with Gasteiger partial charge in [0.15, 0.2) is 5.75 Å². The largest absolute Gasteiger partial charge is 0.454 e. The average Bonchev–Trinajstić information content (AvgIpc) is 2.59. The number of benzene rings is 2. The topological polar surface area (TPSA) is 81.4 Å². The first kappa shape index (κ1) is 23.0. The van der Waals surface area contributed by atoms with E-state index in [0.29, 0.717) is 16.8 Å². The Kier molecular flexibility index (Phi) is 9.63. The van der Waals surface area contributed by atoms with Gasteiger partial charge in [-0.25, -0.2) is 13.6 Å². The summed E-state index contributed by atoms with van der Waals surface area (Å²) in [5.74, 6) is 0.783. The molecule has 0 aliphatic heterocycles. The van der Waals surface area contributed by atoms with Crippen LogP contribution in [0, 0.1) is 0 Å². The molecule has 2 rings (SSSR count). The monoisotopic (exact) mass is 506 g/mol. The van der Waals surface area contributed by atoms with Gasteiger partial charge in [-0.15, -0.1) is 17.0 Å². The lowest BCUT2D eigenvalue weighted by atomic mass is 10.2. The molecule has 0 aliphatic carbocycles. The van der Waals surface area contributed by atoms with E-state index in [4.69, 9.17) is 9.88 Å². The van der Waals surface area contributed by atoms with E-state index in [1.165, 1.54) is 0 Å². The number of unbranched alkanes of at least 4 members (excludes halogenated alkanes) is 2. The third kappa shape index (κ3) is 6.57. The summed E-state index contributed by atoms with van der Waals surface area (Å²) in [5, 5.41) is 9.24. The van der Waals surface area contributed by atoms with Crippen LogP contribution in [-0.2, 0) is 15.4 Å². The van der Waals surface area contributed by atoms with E-state index in [9.17, 15) is 8.42 Å². The molecule has 144 valence electrons. The molecule has 5 nitrogen and oxygen atoms in total. The van der Waals surface area contributed by atoms with Crippen LogP contribution in [0.2, 0.25) is 0 Å². The fraction of sp³-hybridized carbons (Fsp3) is 0.333. The second-order valence-corrected chi connectivity index (χ2v) is 7.79. The van der Waals surface area contributed by atoms with Crippen molar-refractivity contribution in [3.8, 4) is 11.5 Å². The van der Waals surface area contributed by atoms with Gasteiger partial charge in [-0.3, -0.25) is 0 Å². The first-order chi connectivity index (χ1) is 12.0. The van der Waals surface area contributed by atoms with Crippen molar-refractivity contribution in [2.75, 3.05) is 11.9 Å². The summed E-state index contributed by atoms with van der Waals surface area (Å²) in [6.07, 6.45) is 3.20. The molecule has 0 heterocycles. The van der Waals surface area contributed by atoms with E-state index in [1.54, 1.807) is 18.2 Å². The maximum atomic E-state index is 12.1. The minimum Gasteiger partial charge on any atom is -0.454 e. The molecule has 3 N–H and O–H groups in total. The SMILES string of the molecule is Br.CCCCCNc1cc(CBr)cc(S(N)(=O)=O)c1Oc1ccccc1. The number of nitrogens with one attached hydrogen (secondary N) is 1. The number of halogens is 2. The second kappa shape index (κ2) is 10.9. The lowest BCUT2D eigenvalue weighted by Crippen LogP contribution is -2.15. The predicted octanol–water partition coefficient (Wildman–Crippen LogP) is 5.20. The van der Waals surface area contributed by atoms with E-state index >= 15 is 0 Å². The van der Waals surface area contributed by atoms with Gasteiger partial charge >= 0.3 is 0 Å². The Morgan fingerprint density at radius 3 is 2.42 bits per heavy atom. The van der Waals surface area contributed by atoms with Crippen LogP contribution in [0.25, 0.3) is 0 Å². The van der Waals surface area contributed by atoms with Gasteiger partial charge in [0, 0.05) is 11.9 Å². The number of rotatable bonds is 9. The summed E-state index contributed by atoms with van der Waals surface area (Å²) in [6, 6.07) is 12.5. The van der Waals surface area contributed by atoms with Crippen molar-refractivity contribution in [1.82, 2.24) is 0 Å². The van der Waals surface area contributed by atoms with E-state index < -0.39 is 10.0 Å². The highest BCUT2D eigenvalue weighted by Crippen LogP contribution is 2.37. The summed E-state index contributed by atoms with van der Waals surface area (Å²) in [5.41, 5.74) is 1.43. The van der Waals surface area contributed by atoms with Crippen molar-refractivity contribution in [3.63, 3.8) is 0 Å². The highest BCUT2D eigenvalue weighted by Gasteiger charge is 2.21. The molecule has 0 saturated heterocycles. The van der Waals surface area contributed by atoms with Crippen molar-refractivity contribution < 1.29 is 13.2 Å². The standard InChI is InChI=1S/C18H23BrN2O3S.BrH/c1-2-3-7-10-21-16-11-14(13-19)12-17(25(20,22)23)18(16)24-15-8-5-4-6-9-15;/h4-6,8-9,11-12,21H,2-3,7,10,13H2,1H3,(H2,20,22,23);1H. The Bertz CT molecular complexity index is 800. The summed E-state index contributed by atoms with van der Waals surface area (Å²) in [7, 11) is -3.93. The molecule has 0 aromatic heterocycles. The van der Waals surface area contributed by atoms with E-state index in [2.05, 4.69) is 28.2 Å². The van der Waals surface area contributed by atoms with Gasteiger partial charge in [-0.1, -0.05) is 53.9 Å². The van der Waals surface area contributed by atoms with Crippen molar-refractivity contribution in [1.29, 1.82) is 0 Å². The summed E-state index contributed by atoms with van der Waals surface area (Å²) < 4.78 is 30.1. The maximum Gasteiger partial charge on any atom is 0.241 e. The summed E-state index contributed by atoms with van der Waals surface area (Å²) in [4.78, 5) is -0.0219. The molecule has 2 aromatic rings. The molecule has 8 heteroatoms. The van der Waals surface area contributed by atoms with Crippen molar-refractivity contribution in [2.45, 2.75) is 36.4 Å². The van der Waals surface area contributed by atoms with Crippen LogP contribution in [0.1, 0.15) is 31.7 Å². The molecule has 0 aliphatic rings. The van der Waals surface area contributed by atoms with Crippen molar-refractivity contribution in [3.05, 3.63) is 48.0 Å². The van der Waals surface area contributed by atoms with Crippen LogP contribution in [0.5, 0.6) is 11.5 Å². The second-order valence-electron chi connectivity index (χ2n) is 5.70. The fourth-order valence-corrected chi connectivity index (χ4v) is 3.44. The molecular weight excluding hydrogens is 484 g/mol. The third-order valence-corrected chi connectivity index (χ3v) is 5.20. The van der Waals surface area contributed by atoms with Crippen LogP contribution in [-0.4, -0.2) is 15.0 Å². The van der Waals surface area contributed by atoms with Crippen LogP contribution in [0.4, 0.5) is 5.69 Å². The maximum absolute atomic E-state index is 12.1. The Labute approximate surface area is 174 Å². The number of alkyl halides is 1. The number of sulfonamides is 1. The molecule has 0 atom stereocenters. The van der Waals surface area contributed by atoms with Crippen molar-refractivity contribution in [2.24, 2.45) is 5.14 Å². The van der Waals surface area contributed by atoms with E-state index in [0.717, 1.165) is 31.4 Å². The molecule has 0 unspecified atom stereocenters. The first-order valence-electron chi connectivity index (χ1n) is 8.18. The molecule has 26 heavy (non-hydrogen) atoms. The smallest absolute Gasteiger partial charge is 0.241 e. The zero-order valence-electron chi connectivity index (χ0n) is 14.6. The van der Waals surface area contributed by atoms with Crippen LogP contribution in [0.3, 0.4) is 0 Å². The van der Waals surface area contributed by atoms with E-state index in [1.807, 2.05) is 24.3 Å². The number of anilines is 1. The number of hydrogen-bond donors (Lipinski definition) is 2. The van der Waals surface area contributed by atoms with E-state index in [-0.39, 0.29) is 27.6 Å². The number of hydrogen-bond acceptors (Lipinski definition) is 4. The predicted molar refractivity (Wildman–Crippen MR) is 115 cm³/mol. The zero-order valence-corrected chi connectivity index (χ0v) is 18.7. The molecule has 0 bridgehead atoms. The van der Waals surface area contributed by atoms with Gasteiger partial charge in [-0.05, 0) is 36.2 Å². The van der Waals surface area contributed by atoms with Gasteiger partial charge < -0.3 is 10.1 Å². The fourth-order valence-electron chi connectivity index (χ4n) is 2.39. The number of nitrogens with two attached hydrogens (primary N) is 1. The third-order valence-electron chi connectivity index (χ3n) is 3.63. The van der Waals surface area contributed by atoms with Gasteiger partial charge in [0.25, 0.3) is 0 Å². The summed E-state index contributed by atoms with van der Waals surface area (Å²) in [6.45, 7) is 2.86. The first-order valence-corrected chi connectivity index (χ1v) is 10.8. The summed E-state index contributed by atoms with van der Waals surface area (Å²) >= 11 is 3.37. The van der Waals surface area contributed by atoms with Crippen LogP contribution in [0.15, 0.2) is 47.4 Å². The van der Waals surface area contributed by atoms with Gasteiger partial charge in [0.2, 0.25) is 10.0 Å². The lowest BCUT2D eigenvalue weighted by molar-refractivity contribution is 0.469. The number of para-hydroxylation sites is 1. The number of ether oxygens (including phenoxy) is 1. The molecule has 0 fully saturated rings. The molecule has 2 aromatic carbocycles. The molecular formula is C18H24Br2N2O3S.